The Morgan fingerprint density at radius 1 is 0.903 bits per heavy atom. The van der Waals surface area contributed by atoms with Gasteiger partial charge in [-0.25, -0.2) is 0 Å². The quantitative estimate of drug-likeness (QED) is 0.717. The van der Waals surface area contributed by atoms with E-state index in [9.17, 15) is 14.4 Å². The van der Waals surface area contributed by atoms with Gasteiger partial charge in [0.1, 0.15) is 6.04 Å². The van der Waals surface area contributed by atoms with Gasteiger partial charge in [-0.15, -0.1) is 0 Å². The second-order valence-corrected chi connectivity index (χ2v) is 9.70. The Morgan fingerprint density at radius 3 is 2.26 bits per heavy atom. The zero-order valence-corrected chi connectivity index (χ0v) is 18.0. The number of amides is 2. The first kappa shape index (κ1) is 19.7. The third-order valence-electron chi connectivity index (χ3n) is 6.74. The number of hydrogen-bond donors (Lipinski definition) is 0. The van der Waals surface area contributed by atoms with E-state index in [2.05, 4.69) is 0 Å². The Bertz CT molecular complexity index is 1100. The minimum atomic E-state index is -0.663. The fraction of sp³-hybridized carbons (Fsp3) is 0.346. The smallest absolute Gasteiger partial charge is 0.236 e. The van der Waals surface area contributed by atoms with E-state index in [-0.39, 0.29) is 30.2 Å². The Balaban J connectivity index is 1.60. The van der Waals surface area contributed by atoms with E-state index < -0.39 is 23.3 Å². The molecule has 0 aromatic heterocycles. The molecule has 2 fully saturated rings. The number of Topliss-reactive ketones (excluding diaryl/α,β-unsaturated/α-hetero) is 1. The summed E-state index contributed by atoms with van der Waals surface area (Å²) in [5.74, 6) is -1.64. The van der Waals surface area contributed by atoms with Crippen LogP contribution in [0.3, 0.4) is 0 Å². The van der Waals surface area contributed by atoms with Crippen molar-refractivity contribution in [3.8, 4) is 0 Å². The van der Waals surface area contributed by atoms with Crippen LogP contribution in [0, 0.1) is 17.3 Å². The molecule has 31 heavy (non-hydrogen) atoms. The highest BCUT2D eigenvalue weighted by atomic mass is 16.2. The molecule has 2 amide bonds. The van der Waals surface area contributed by atoms with Gasteiger partial charge in [-0.2, -0.15) is 0 Å². The molecule has 5 rings (SSSR count). The average molecular weight is 415 g/mol. The highest BCUT2D eigenvalue weighted by Crippen LogP contribution is 2.53. The topological polar surface area (TPSA) is 57.7 Å². The summed E-state index contributed by atoms with van der Waals surface area (Å²) in [5, 5.41) is 0. The van der Waals surface area contributed by atoms with Gasteiger partial charge >= 0.3 is 0 Å². The monoisotopic (exact) mass is 414 g/mol. The van der Waals surface area contributed by atoms with Crippen LogP contribution in [0.25, 0.3) is 6.08 Å². The maximum absolute atomic E-state index is 13.6. The fourth-order valence-corrected chi connectivity index (χ4v) is 5.28. The number of carbonyl (C=O) groups is 3. The lowest BCUT2D eigenvalue weighted by atomic mass is 9.79. The van der Waals surface area contributed by atoms with Crippen LogP contribution in [-0.2, 0) is 20.9 Å². The minimum absolute atomic E-state index is 0.00302. The maximum atomic E-state index is 13.6. The van der Waals surface area contributed by atoms with E-state index >= 15 is 0 Å². The van der Waals surface area contributed by atoms with Gasteiger partial charge in [-0.05, 0) is 22.8 Å². The molecule has 2 aromatic carbocycles. The Kier molecular flexibility index (Phi) is 4.40. The van der Waals surface area contributed by atoms with E-state index in [1.54, 1.807) is 0 Å². The summed E-state index contributed by atoms with van der Waals surface area (Å²) in [5.41, 5.74) is 2.33. The molecule has 2 saturated heterocycles. The SMILES string of the molecule is CC(C)(C)C(=O)[C@@H]1[C@@H]2C(=O)N(Cc3ccccc3)C(=O)[C@@H]2[C@H]2c3ccccc3C=CN12. The molecule has 2 aromatic rings. The third-order valence-corrected chi connectivity index (χ3v) is 6.74. The molecular formula is C26H26N2O3. The summed E-state index contributed by atoms with van der Waals surface area (Å²) in [6, 6.07) is 16.5. The molecule has 0 aliphatic carbocycles. The molecule has 0 saturated carbocycles. The van der Waals surface area contributed by atoms with Gasteiger partial charge in [0.25, 0.3) is 0 Å². The number of ketones is 1. The molecule has 0 radical (unpaired) electrons. The molecule has 3 aliphatic rings. The Hall–Kier alpha value is -3.21. The van der Waals surface area contributed by atoms with Crippen LogP contribution in [0.5, 0.6) is 0 Å². The number of imide groups is 1. The predicted octanol–water partition coefficient (Wildman–Crippen LogP) is 3.81. The van der Waals surface area contributed by atoms with Crippen LogP contribution >= 0.6 is 0 Å². The molecular weight excluding hydrogens is 388 g/mol. The first-order valence-corrected chi connectivity index (χ1v) is 10.8. The number of rotatable bonds is 3. The number of nitrogens with zero attached hydrogens (tertiary/aromatic N) is 2. The van der Waals surface area contributed by atoms with Crippen LogP contribution in [0.15, 0.2) is 60.8 Å². The lowest BCUT2D eigenvalue weighted by Gasteiger charge is -2.37. The molecule has 5 nitrogen and oxygen atoms in total. The van der Waals surface area contributed by atoms with E-state index in [1.807, 2.05) is 92.5 Å². The zero-order chi connectivity index (χ0) is 21.9. The molecule has 3 heterocycles. The molecule has 158 valence electrons. The normalized spacial score (nSPS) is 26.7. The number of carbonyl (C=O) groups excluding carboxylic acids is 3. The number of likely N-dealkylation sites (tertiary alicyclic amines) is 1. The second kappa shape index (κ2) is 6.91. The average Bonchev–Trinajstić information content (AvgIpc) is 3.22. The summed E-state index contributed by atoms with van der Waals surface area (Å²) >= 11 is 0. The van der Waals surface area contributed by atoms with E-state index in [0.29, 0.717) is 0 Å². The molecule has 4 atom stereocenters. The zero-order valence-electron chi connectivity index (χ0n) is 18.0. The summed E-state index contributed by atoms with van der Waals surface area (Å²) in [6.45, 7) is 5.87. The standard InChI is InChI=1S/C26H26N2O3/c1-26(2,3)23(29)22-20-19(21-18-12-8-7-11-17(18)13-14-27(21)22)24(30)28(25(20)31)15-16-9-5-4-6-10-16/h4-14,19-22H,15H2,1-3H3/t19-,20+,21+,22-/m0/s1. The summed E-state index contributed by atoms with van der Waals surface area (Å²) in [4.78, 5) is 44.1. The van der Waals surface area contributed by atoms with Crippen LogP contribution in [0.4, 0.5) is 0 Å². The van der Waals surface area contributed by atoms with Gasteiger partial charge in [-0.1, -0.05) is 75.4 Å². The van der Waals surface area contributed by atoms with Crippen molar-refractivity contribution in [2.45, 2.75) is 39.4 Å². The maximum Gasteiger partial charge on any atom is 0.236 e. The van der Waals surface area contributed by atoms with Gasteiger partial charge in [0.05, 0.1) is 24.4 Å². The predicted molar refractivity (Wildman–Crippen MR) is 117 cm³/mol. The summed E-state index contributed by atoms with van der Waals surface area (Å²) < 4.78 is 0. The molecule has 3 aliphatic heterocycles. The van der Waals surface area contributed by atoms with Gasteiger partial charge in [0, 0.05) is 11.6 Å². The summed E-state index contributed by atoms with van der Waals surface area (Å²) in [6.07, 6.45) is 3.88. The lowest BCUT2D eigenvalue weighted by molar-refractivity contribution is -0.144. The van der Waals surface area contributed by atoms with Gasteiger partial charge in [0.2, 0.25) is 11.8 Å². The van der Waals surface area contributed by atoms with Crippen molar-refractivity contribution < 1.29 is 14.4 Å². The largest absolute Gasteiger partial charge is 0.359 e. The molecule has 0 N–H and O–H groups in total. The van der Waals surface area contributed by atoms with Crippen LogP contribution in [-0.4, -0.2) is 33.4 Å². The Morgan fingerprint density at radius 2 is 1.55 bits per heavy atom. The number of hydrogen-bond acceptors (Lipinski definition) is 4. The highest BCUT2D eigenvalue weighted by molar-refractivity contribution is 6.09. The number of fused-ring (bicyclic) bond motifs is 5. The van der Waals surface area contributed by atoms with Crippen LogP contribution < -0.4 is 0 Å². The number of benzene rings is 2. The van der Waals surface area contributed by atoms with E-state index in [0.717, 1.165) is 16.7 Å². The van der Waals surface area contributed by atoms with E-state index in [4.69, 9.17) is 0 Å². The summed E-state index contributed by atoms with van der Waals surface area (Å²) in [7, 11) is 0. The van der Waals surface area contributed by atoms with Crippen molar-refractivity contribution in [2.24, 2.45) is 17.3 Å². The van der Waals surface area contributed by atoms with Gasteiger partial charge in [-0.3, -0.25) is 19.3 Å². The van der Waals surface area contributed by atoms with Crippen molar-refractivity contribution >= 4 is 23.7 Å². The van der Waals surface area contributed by atoms with Crippen molar-refractivity contribution in [1.82, 2.24) is 9.80 Å². The molecule has 0 bridgehead atoms. The lowest BCUT2D eigenvalue weighted by Crippen LogP contribution is -2.47. The van der Waals surface area contributed by atoms with Crippen LogP contribution in [0.2, 0.25) is 0 Å². The van der Waals surface area contributed by atoms with Crippen LogP contribution in [0.1, 0.15) is 43.5 Å². The van der Waals surface area contributed by atoms with Gasteiger partial charge in [0.15, 0.2) is 5.78 Å². The Labute approximate surface area is 182 Å². The first-order chi connectivity index (χ1) is 14.8. The van der Waals surface area contributed by atoms with Crippen molar-refractivity contribution in [2.75, 3.05) is 0 Å². The third kappa shape index (κ3) is 2.94. The molecule has 5 heteroatoms. The van der Waals surface area contributed by atoms with Gasteiger partial charge < -0.3 is 4.90 Å². The highest BCUT2D eigenvalue weighted by Gasteiger charge is 2.64. The van der Waals surface area contributed by atoms with Crippen molar-refractivity contribution in [1.29, 1.82) is 0 Å². The van der Waals surface area contributed by atoms with E-state index in [1.165, 1.54) is 4.90 Å². The fourth-order valence-electron chi connectivity index (χ4n) is 5.28. The first-order valence-electron chi connectivity index (χ1n) is 10.8. The molecule has 0 unspecified atom stereocenters. The second-order valence-electron chi connectivity index (χ2n) is 9.70. The molecule has 0 spiro atoms. The van der Waals surface area contributed by atoms with Crippen molar-refractivity contribution in [3.05, 3.63) is 77.5 Å². The van der Waals surface area contributed by atoms with Crippen molar-refractivity contribution in [3.63, 3.8) is 0 Å². The minimum Gasteiger partial charge on any atom is -0.359 e.